The highest BCUT2D eigenvalue weighted by Crippen LogP contribution is 2.26. The zero-order valence-corrected chi connectivity index (χ0v) is 16.7. The Bertz CT molecular complexity index is 1020. The highest BCUT2D eigenvalue weighted by Gasteiger charge is 2.29. The molecule has 154 valence electrons. The first-order chi connectivity index (χ1) is 14.6. The lowest BCUT2D eigenvalue weighted by Crippen LogP contribution is -2.42. The Balaban J connectivity index is 1.41. The normalized spacial score (nSPS) is 16.4. The van der Waals surface area contributed by atoms with Gasteiger partial charge in [0.2, 0.25) is 5.91 Å². The van der Waals surface area contributed by atoms with Crippen LogP contribution in [0.25, 0.3) is 11.1 Å². The second kappa shape index (κ2) is 9.03. The Labute approximate surface area is 174 Å². The molecule has 0 bridgehead atoms. The number of nitrogens with one attached hydrogen (secondary N) is 1. The second-order valence-corrected chi connectivity index (χ2v) is 7.71. The topological polar surface area (TPSA) is 66.1 Å². The van der Waals surface area contributed by atoms with E-state index in [1.54, 1.807) is 29.4 Å². The van der Waals surface area contributed by atoms with E-state index in [2.05, 4.69) is 10.2 Å². The third-order valence-electron chi connectivity index (χ3n) is 5.67. The summed E-state index contributed by atoms with van der Waals surface area (Å²) in [6, 6.07) is 13.9. The van der Waals surface area contributed by atoms with Crippen molar-refractivity contribution in [1.82, 2.24) is 15.1 Å². The number of Topliss-reactive ketones (excluding diaryl/α,β-unsaturated/α-hetero) is 1. The van der Waals surface area contributed by atoms with Crippen LogP contribution in [0.5, 0.6) is 0 Å². The Kier molecular flexibility index (Phi) is 6.02. The summed E-state index contributed by atoms with van der Waals surface area (Å²) in [5, 5.41) is 6.63. The van der Waals surface area contributed by atoms with E-state index in [1.807, 2.05) is 30.3 Å². The zero-order chi connectivity index (χ0) is 20.9. The van der Waals surface area contributed by atoms with Gasteiger partial charge in [0.05, 0.1) is 6.20 Å². The largest absolute Gasteiger partial charge is 0.342 e. The van der Waals surface area contributed by atoms with Crippen molar-refractivity contribution >= 4 is 11.7 Å². The van der Waals surface area contributed by atoms with Crippen LogP contribution in [0.1, 0.15) is 35.2 Å². The van der Waals surface area contributed by atoms with E-state index in [0.717, 1.165) is 17.5 Å². The fourth-order valence-electron chi connectivity index (χ4n) is 4.00. The van der Waals surface area contributed by atoms with Crippen LogP contribution in [0.4, 0.5) is 4.39 Å². The molecule has 0 radical (unpaired) electrons. The number of aromatic amines is 1. The van der Waals surface area contributed by atoms with E-state index in [0.29, 0.717) is 43.5 Å². The summed E-state index contributed by atoms with van der Waals surface area (Å²) in [5.74, 6) is -0.755. The molecule has 1 aliphatic heterocycles. The minimum Gasteiger partial charge on any atom is -0.342 e. The maximum absolute atomic E-state index is 14.7. The highest BCUT2D eigenvalue weighted by atomic mass is 19.1. The molecule has 1 amide bonds. The highest BCUT2D eigenvalue weighted by molar-refractivity contribution is 5.98. The maximum Gasteiger partial charge on any atom is 0.222 e. The number of aromatic nitrogens is 2. The molecule has 1 N–H and O–H groups in total. The number of halogens is 1. The van der Waals surface area contributed by atoms with Crippen LogP contribution in [-0.2, 0) is 11.2 Å². The summed E-state index contributed by atoms with van der Waals surface area (Å²) in [6.07, 6.45) is 6.00. The van der Waals surface area contributed by atoms with E-state index in [1.165, 1.54) is 6.07 Å². The van der Waals surface area contributed by atoms with Gasteiger partial charge in [0.25, 0.3) is 0 Å². The van der Waals surface area contributed by atoms with Crippen molar-refractivity contribution in [2.75, 3.05) is 13.1 Å². The van der Waals surface area contributed by atoms with Crippen LogP contribution >= 0.6 is 0 Å². The van der Waals surface area contributed by atoms with Crippen molar-refractivity contribution < 1.29 is 14.0 Å². The summed E-state index contributed by atoms with van der Waals surface area (Å²) in [4.78, 5) is 27.3. The van der Waals surface area contributed by atoms with E-state index in [4.69, 9.17) is 0 Å². The smallest absolute Gasteiger partial charge is 0.222 e. The standard InChI is InChI=1S/C24H24FN3O2/c25-22-13-19(9-10-21(22)18-5-2-1-3-6-18)24(30)20-7-4-12-28(16-20)23(29)11-8-17-14-26-27-15-17/h1-3,5-6,9-10,13-15,20H,4,7-8,11-12,16H2,(H,26,27). The summed E-state index contributed by atoms with van der Waals surface area (Å²) in [7, 11) is 0. The first-order valence-corrected chi connectivity index (χ1v) is 10.3. The molecule has 2 heterocycles. The third kappa shape index (κ3) is 4.48. The predicted molar refractivity (Wildman–Crippen MR) is 112 cm³/mol. The van der Waals surface area contributed by atoms with Gasteiger partial charge in [-0.1, -0.05) is 42.5 Å². The molecule has 30 heavy (non-hydrogen) atoms. The number of hydrogen-bond donors (Lipinski definition) is 1. The lowest BCUT2D eigenvalue weighted by atomic mass is 9.89. The Hall–Kier alpha value is -3.28. The number of H-pyrrole nitrogens is 1. The number of ketones is 1. The van der Waals surface area contributed by atoms with Crippen molar-refractivity contribution in [1.29, 1.82) is 0 Å². The van der Waals surface area contributed by atoms with Gasteiger partial charge in [-0.2, -0.15) is 5.10 Å². The number of benzene rings is 2. The van der Waals surface area contributed by atoms with Crippen LogP contribution in [-0.4, -0.2) is 39.9 Å². The first kappa shape index (κ1) is 20.0. The first-order valence-electron chi connectivity index (χ1n) is 10.3. The number of rotatable bonds is 6. The summed E-state index contributed by atoms with van der Waals surface area (Å²) in [5.41, 5.74) is 2.61. The van der Waals surface area contributed by atoms with Crippen LogP contribution in [0.15, 0.2) is 60.9 Å². The zero-order valence-electron chi connectivity index (χ0n) is 16.7. The number of likely N-dealkylation sites (tertiary alicyclic amines) is 1. The molecule has 1 saturated heterocycles. The van der Waals surface area contributed by atoms with Crippen LogP contribution in [0.3, 0.4) is 0 Å². The summed E-state index contributed by atoms with van der Waals surface area (Å²) < 4.78 is 14.7. The molecule has 0 saturated carbocycles. The fraction of sp³-hybridized carbons (Fsp3) is 0.292. The van der Waals surface area contributed by atoms with E-state index < -0.39 is 5.82 Å². The van der Waals surface area contributed by atoms with Gasteiger partial charge >= 0.3 is 0 Å². The summed E-state index contributed by atoms with van der Waals surface area (Å²) >= 11 is 0. The minimum atomic E-state index is -0.407. The fourth-order valence-corrected chi connectivity index (χ4v) is 4.00. The third-order valence-corrected chi connectivity index (χ3v) is 5.67. The molecule has 1 atom stereocenters. The van der Waals surface area contributed by atoms with Gasteiger partial charge < -0.3 is 4.90 Å². The van der Waals surface area contributed by atoms with Crippen LogP contribution in [0, 0.1) is 11.7 Å². The molecular weight excluding hydrogens is 381 g/mol. The minimum absolute atomic E-state index is 0.0410. The molecule has 6 heteroatoms. The molecule has 1 aromatic heterocycles. The number of carbonyl (C=O) groups is 2. The lowest BCUT2D eigenvalue weighted by molar-refractivity contribution is -0.132. The predicted octanol–water partition coefficient (Wildman–Crippen LogP) is 4.27. The van der Waals surface area contributed by atoms with Gasteiger partial charge in [-0.3, -0.25) is 14.7 Å². The molecular formula is C24H24FN3O2. The number of amides is 1. The Morgan fingerprint density at radius 3 is 2.73 bits per heavy atom. The van der Waals surface area contributed by atoms with Crippen molar-refractivity contribution in [3.8, 4) is 11.1 Å². The molecule has 3 aromatic rings. The van der Waals surface area contributed by atoms with Gasteiger partial charge in [0.15, 0.2) is 5.78 Å². The number of nitrogens with zero attached hydrogens (tertiary/aromatic N) is 2. The average Bonchev–Trinajstić information content (AvgIpc) is 3.31. The Morgan fingerprint density at radius 2 is 2.00 bits per heavy atom. The number of carbonyl (C=O) groups excluding carboxylic acids is 2. The van der Waals surface area contributed by atoms with Crippen molar-refractivity contribution in [2.24, 2.45) is 5.92 Å². The van der Waals surface area contributed by atoms with Gasteiger partial charge in [-0.15, -0.1) is 0 Å². The Morgan fingerprint density at radius 1 is 1.17 bits per heavy atom. The maximum atomic E-state index is 14.7. The van der Waals surface area contributed by atoms with E-state index >= 15 is 0 Å². The lowest BCUT2D eigenvalue weighted by Gasteiger charge is -2.32. The molecule has 1 fully saturated rings. The van der Waals surface area contributed by atoms with Crippen molar-refractivity contribution in [2.45, 2.75) is 25.7 Å². The van der Waals surface area contributed by atoms with Gasteiger partial charge in [-0.25, -0.2) is 4.39 Å². The van der Waals surface area contributed by atoms with Gasteiger partial charge in [-0.05, 0) is 36.5 Å². The number of hydrogen-bond acceptors (Lipinski definition) is 3. The summed E-state index contributed by atoms with van der Waals surface area (Å²) in [6.45, 7) is 1.06. The van der Waals surface area contributed by atoms with E-state index in [9.17, 15) is 14.0 Å². The monoisotopic (exact) mass is 405 g/mol. The molecule has 1 unspecified atom stereocenters. The molecule has 4 rings (SSSR count). The van der Waals surface area contributed by atoms with Crippen molar-refractivity contribution in [3.05, 3.63) is 77.9 Å². The molecule has 0 aliphatic carbocycles. The number of aryl methyl sites for hydroxylation is 1. The average molecular weight is 405 g/mol. The molecule has 0 spiro atoms. The second-order valence-electron chi connectivity index (χ2n) is 7.71. The van der Waals surface area contributed by atoms with E-state index in [-0.39, 0.29) is 17.6 Å². The molecule has 1 aliphatic rings. The van der Waals surface area contributed by atoms with Crippen molar-refractivity contribution in [3.63, 3.8) is 0 Å². The van der Waals surface area contributed by atoms with Crippen LogP contribution < -0.4 is 0 Å². The van der Waals surface area contributed by atoms with Gasteiger partial charge in [0.1, 0.15) is 5.82 Å². The van der Waals surface area contributed by atoms with Crippen LogP contribution in [0.2, 0.25) is 0 Å². The number of piperidine rings is 1. The SMILES string of the molecule is O=C(c1ccc(-c2ccccc2)c(F)c1)C1CCCN(C(=O)CCc2cn[nH]c2)C1. The molecule has 5 nitrogen and oxygen atoms in total. The quantitative estimate of drug-likeness (QED) is 0.623. The van der Waals surface area contributed by atoms with Gasteiger partial charge in [0, 0.05) is 42.8 Å². The molecule has 2 aromatic carbocycles.